The monoisotopic (exact) mass is 1090 g/mol. The van der Waals surface area contributed by atoms with Crippen LogP contribution in [0.4, 0.5) is 0 Å². The summed E-state index contributed by atoms with van der Waals surface area (Å²) in [7, 11) is 1.08. The molecular weight excluding hydrogens is 1010 g/mol. The Morgan fingerprint density at radius 1 is 0.355 bits per heavy atom. The van der Waals surface area contributed by atoms with Crippen LogP contribution in [-0.2, 0) is 39.0 Å². The molecule has 0 atom stereocenters. The van der Waals surface area contributed by atoms with Gasteiger partial charge in [0.2, 0.25) is 0 Å². The van der Waals surface area contributed by atoms with E-state index in [9.17, 15) is 0 Å². The minimum absolute atomic E-state index is 0. The van der Waals surface area contributed by atoms with Gasteiger partial charge >= 0.3 is 26.2 Å². The maximum Gasteiger partial charge on any atom is 2.00 e. The van der Waals surface area contributed by atoms with Crippen molar-refractivity contribution in [2.45, 2.75) is 158 Å². The second-order valence-corrected chi connectivity index (χ2v) is 27.9. The summed E-state index contributed by atoms with van der Waals surface area (Å²) in [5, 5.41) is 5.76. The van der Waals surface area contributed by atoms with Gasteiger partial charge in [-0.1, -0.05) is 188 Å². The minimum atomic E-state index is 0. The Morgan fingerprint density at radius 3 is 0.829 bits per heavy atom. The predicted octanol–water partition coefficient (Wildman–Crippen LogP) is 20.6. The molecule has 8 aliphatic carbocycles. The maximum absolute atomic E-state index is 2.58. The first-order valence-corrected chi connectivity index (χ1v) is 31.4. The molecule has 8 fully saturated rings. The van der Waals surface area contributed by atoms with Crippen LogP contribution in [0.3, 0.4) is 0 Å². The van der Waals surface area contributed by atoms with Crippen LogP contribution in [0.5, 0.6) is 0 Å². The van der Waals surface area contributed by atoms with Gasteiger partial charge in [0, 0.05) is 9.52 Å². The summed E-state index contributed by atoms with van der Waals surface area (Å²) in [5.41, 5.74) is 26.0. The Hall–Kier alpha value is -4.36. The average molecular weight is 1090 g/mol. The van der Waals surface area contributed by atoms with E-state index < -0.39 is 0 Å². The molecule has 8 aromatic carbocycles. The SMILES string of the molecule is C[Si]C.Cc1cc(C)cc(-c2ccc(-c3cc(C)cc(C)c3)c3[cH-]c(CC45CC6CC(CC(C6)C4)C5)cc23)c1.Cc1cc(C)cc(-c2ccc(-c3cc(C)cc(C)c3)c3[cH-]c(CC45CC6CC(CC(C6)C4)C5)cc23)c1.[Zr+2]. The van der Waals surface area contributed by atoms with E-state index in [4.69, 9.17) is 0 Å². The third-order valence-electron chi connectivity index (χ3n) is 19.5. The van der Waals surface area contributed by atoms with Crippen molar-refractivity contribution < 1.29 is 26.2 Å². The van der Waals surface area contributed by atoms with Crippen molar-refractivity contribution in [3.8, 4) is 44.5 Å². The summed E-state index contributed by atoms with van der Waals surface area (Å²) < 4.78 is 0. The number of aryl methyl sites for hydroxylation is 8. The molecule has 8 saturated carbocycles. The third kappa shape index (κ3) is 10.9. The standard InChI is InChI=1S/2C36H39.C2H6Si.Zr/c2*1-22-7-23(2)10-30(9-22)32-5-6-33(31-11-24(3)8-25(4)12-31)35-17-29(16-34(32)35)21-36-18-26-13-27(19-36)15-28(14-26)20-36;1-3-2;/h2*5-12,16-17,26-28H,13-15,18-21H2,1-4H3;1-2H3;/q2*-1;;+2. The predicted molar refractivity (Wildman–Crippen MR) is 325 cm³/mol. The van der Waals surface area contributed by atoms with Gasteiger partial charge in [-0.3, -0.25) is 0 Å². The molecule has 0 N–H and O–H groups in total. The van der Waals surface area contributed by atoms with E-state index in [1.165, 1.54) is 200 Å². The van der Waals surface area contributed by atoms with Crippen LogP contribution in [0.15, 0.2) is 121 Å². The molecule has 76 heavy (non-hydrogen) atoms. The molecule has 388 valence electrons. The topological polar surface area (TPSA) is 0 Å². The summed E-state index contributed by atoms with van der Waals surface area (Å²) in [4.78, 5) is 0. The molecule has 8 bridgehead atoms. The molecule has 2 radical (unpaired) electrons. The maximum atomic E-state index is 2.58. The summed E-state index contributed by atoms with van der Waals surface area (Å²) in [6.07, 6.45) is 20.6. The fourth-order valence-corrected chi connectivity index (χ4v) is 18.3. The second kappa shape index (κ2) is 21.4. The molecular formula is C74H84SiZr. The Balaban J connectivity index is 0.000000152. The van der Waals surface area contributed by atoms with Gasteiger partial charge in [0.15, 0.2) is 0 Å². The van der Waals surface area contributed by atoms with Gasteiger partial charge in [0.25, 0.3) is 0 Å². The number of benzene rings is 6. The first-order chi connectivity index (χ1) is 36.1. The van der Waals surface area contributed by atoms with Crippen LogP contribution in [0.25, 0.3) is 66.1 Å². The van der Waals surface area contributed by atoms with E-state index in [0.717, 1.165) is 45.0 Å². The van der Waals surface area contributed by atoms with Crippen molar-refractivity contribution in [3.63, 3.8) is 0 Å². The molecule has 8 aliphatic rings. The second-order valence-electron chi connectivity index (χ2n) is 26.9. The van der Waals surface area contributed by atoms with E-state index in [0.29, 0.717) is 10.8 Å². The van der Waals surface area contributed by atoms with E-state index in [1.54, 1.807) is 11.1 Å². The van der Waals surface area contributed by atoms with E-state index in [1.807, 2.05) is 0 Å². The summed E-state index contributed by atoms with van der Waals surface area (Å²) >= 11 is 0. The molecule has 0 spiro atoms. The normalized spacial score (nSPS) is 25.6. The van der Waals surface area contributed by atoms with Gasteiger partial charge in [-0.15, -0.1) is 44.8 Å². The molecule has 0 unspecified atom stereocenters. The van der Waals surface area contributed by atoms with Crippen LogP contribution < -0.4 is 0 Å². The number of hydrogen-bond donors (Lipinski definition) is 0. The largest absolute Gasteiger partial charge is 2.00 e. The Bertz CT molecular complexity index is 2880. The number of fused-ring (bicyclic) bond motifs is 2. The molecule has 2 heteroatoms. The van der Waals surface area contributed by atoms with E-state index in [-0.39, 0.29) is 26.2 Å². The van der Waals surface area contributed by atoms with Crippen molar-refractivity contribution in [3.05, 3.63) is 177 Å². The Morgan fingerprint density at radius 2 is 0.579 bits per heavy atom. The van der Waals surface area contributed by atoms with Crippen LogP contribution in [0.1, 0.15) is 133 Å². The first kappa shape index (κ1) is 53.6. The van der Waals surface area contributed by atoms with Gasteiger partial charge < -0.3 is 0 Å². The van der Waals surface area contributed by atoms with Crippen LogP contribution in [-0.4, -0.2) is 9.52 Å². The zero-order valence-electron chi connectivity index (χ0n) is 47.9. The number of rotatable bonds is 8. The molecule has 0 heterocycles. The Kier molecular flexibility index (Phi) is 15.1. The van der Waals surface area contributed by atoms with Crippen LogP contribution in [0, 0.1) is 102 Å². The summed E-state index contributed by atoms with van der Waals surface area (Å²) in [5.74, 6) is 6.07. The van der Waals surface area contributed by atoms with Crippen molar-refractivity contribution in [2.75, 3.05) is 0 Å². The van der Waals surface area contributed by atoms with E-state index in [2.05, 4.69) is 190 Å². The molecule has 0 amide bonds. The van der Waals surface area contributed by atoms with Crippen molar-refractivity contribution >= 4 is 31.1 Å². The molecule has 0 saturated heterocycles. The van der Waals surface area contributed by atoms with Gasteiger partial charge in [0.05, 0.1) is 0 Å². The first-order valence-electron chi connectivity index (χ1n) is 29.4. The fraction of sp³-hybridized carbons (Fsp3) is 0.432. The fourth-order valence-electron chi connectivity index (χ4n) is 18.3. The van der Waals surface area contributed by atoms with Crippen molar-refractivity contribution in [2.24, 2.45) is 46.3 Å². The van der Waals surface area contributed by atoms with Crippen LogP contribution in [0.2, 0.25) is 13.1 Å². The molecule has 0 nitrogen and oxygen atoms in total. The van der Waals surface area contributed by atoms with Gasteiger partial charge in [-0.2, -0.15) is 12.1 Å². The Labute approximate surface area is 480 Å². The summed E-state index contributed by atoms with van der Waals surface area (Å²) in [6.45, 7) is 22.1. The zero-order valence-corrected chi connectivity index (χ0v) is 51.4. The molecule has 16 rings (SSSR count). The molecule has 8 aromatic rings. The van der Waals surface area contributed by atoms with Crippen LogP contribution >= 0.6 is 0 Å². The minimum Gasteiger partial charge on any atom is -0.164 e. The van der Waals surface area contributed by atoms with Crippen molar-refractivity contribution in [1.82, 2.24) is 0 Å². The summed E-state index contributed by atoms with van der Waals surface area (Å²) in [6, 6.07) is 47.9. The quantitative estimate of drug-likeness (QED) is 0.105. The third-order valence-corrected chi connectivity index (χ3v) is 19.5. The molecule has 0 aliphatic heterocycles. The number of hydrogen-bond acceptors (Lipinski definition) is 0. The van der Waals surface area contributed by atoms with Gasteiger partial charge in [-0.25, -0.2) is 0 Å². The van der Waals surface area contributed by atoms with Gasteiger partial charge in [0.1, 0.15) is 0 Å². The van der Waals surface area contributed by atoms with Crippen molar-refractivity contribution in [1.29, 1.82) is 0 Å². The van der Waals surface area contributed by atoms with E-state index >= 15 is 0 Å². The average Bonchev–Trinajstić information content (AvgIpc) is 3.93. The zero-order chi connectivity index (χ0) is 51.9. The smallest absolute Gasteiger partial charge is 0.164 e. The molecule has 0 aromatic heterocycles. The van der Waals surface area contributed by atoms with Gasteiger partial charge in [-0.05, 0) is 203 Å².